The van der Waals surface area contributed by atoms with Crippen LogP contribution in [0.1, 0.15) is 0 Å². The zero-order valence-corrected chi connectivity index (χ0v) is 11.6. The van der Waals surface area contributed by atoms with Crippen molar-refractivity contribution in [1.82, 2.24) is 0 Å². The lowest BCUT2D eigenvalue weighted by molar-refractivity contribution is -0.113. The molecule has 0 aliphatic heterocycles. The molecule has 2 aromatic carbocycles. The second-order valence-electron chi connectivity index (χ2n) is 4.27. The quantitative estimate of drug-likeness (QED) is 0.851. The van der Waals surface area contributed by atoms with Crippen molar-refractivity contribution in [2.24, 2.45) is 0 Å². The number of rotatable bonds is 4. The van der Waals surface area contributed by atoms with Gasteiger partial charge in [0.2, 0.25) is 5.91 Å². The van der Waals surface area contributed by atoms with Gasteiger partial charge < -0.3 is 11.1 Å². The summed E-state index contributed by atoms with van der Waals surface area (Å²) in [6.07, 6.45) is 0. The summed E-state index contributed by atoms with van der Waals surface area (Å²) in [5, 5.41) is 2.48. The van der Waals surface area contributed by atoms with Crippen LogP contribution in [0, 0.1) is 11.6 Å². The molecular formula is C14H12F2N2O2S. The van der Waals surface area contributed by atoms with E-state index in [1.54, 1.807) is 0 Å². The summed E-state index contributed by atoms with van der Waals surface area (Å²) < 4.78 is 37.9. The summed E-state index contributed by atoms with van der Waals surface area (Å²) in [7, 11) is -1.72. The topological polar surface area (TPSA) is 72.2 Å². The molecule has 7 heteroatoms. The van der Waals surface area contributed by atoms with Crippen LogP contribution in [-0.4, -0.2) is 15.9 Å². The molecule has 110 valence electrons. The van der Waals surface area contributed by atoms with Crippen LogP contribution in [0.4, 0.5) is 20.2 Å². The van der Waals surface area contributed by atoms with E-state index in [4.69, 9.17) is 5.73 Å². The minimum atomic E-state index is -1.72. The molecule has 0 radical (unpaired) electrons. The number of nitrogens with one attached hydrogen (secondary N) is 1. The normalized spacial score (nSPS) is 11.9. The van der Waals surface area contributed by atoms with E-state index in [2.05, 4.69) is 5.32 Å². The van der Waals surface area contributed by atoms with Crippen LogP contribution < -0.4 is 11.1 Å². The van der Waals surface area contributed by atoms with Crippen molar-refractivity contribution in [2.75, 3.05) is 16.8 Å². The van der Waals surface area contributed by atoms with Crippen LogP contribution >= 0.6 is 0 Å². The molecule has 1 atom stereocenters. The number of hydrogen-bond acceptors (Lipinski definition) is 3. The van der Waals surface area contributed by atoms with E-state index in [0.717, 1.165) is 12.1 Å². The van der Waals surface area contributed by atoms with E-state index in [9.17, 15) is 17.8 Å². The number of amides is 1. The van der Waals surface area contributed by atoms with Crippen molar-refractivity contribution >= 4 is 28.1 Å². The minimum Gasteiger partial charge on any atom is -0.399 e. The molecule has 21 heavy (non-hydrogen) atoms. The maximum absolute atomic E-state index is 13.2. The smallest absolute Gasteiger partial charge is 0.237 e. The summed E-state index contributed by atoms with van der Waals surface area (Å²) in [6, 6.07) is 8.67. The van der Waals surface area contributed by atoms with Crippen molar-refractivity contribution < 1.29 is 17.8 Å². The lowest BCUT2D eigenvalue weighted by Crippen LogP contribution is -2.19. The second kappa shape index (κ2) is 6.45. The van der Waals surface area contributed by atoms with Crippen LogP contribution in [0.5, 0.6) is 0 Å². The number of halogens is 2. The average Bonchev–Trinajstić information content (AvgIpc) is 2.40. The van der Waals surface area contributed by atoms with E-state index in [1.807, 2.05) is 0 Å². The molecule has 0 saturated heterocycles. The molecule has 2 rings (SSSR count). The molecule has 0 fully saturated rings. The summed E-state index contributed by atoms with van der Waals surface area (Å²) in [4.78, 5) is 11.9. The number of carbonyl (C=O) groups excluding carboxylic acids is 1. The zero-order chi connectivity index (χ0) is 15.4. The summed E-state index contributed by atoms with van der Waals surface area (Å²) in [5.41, 5.74) is 5.98. The first kappa shape index (κ1) is 15.1. The van der Waals surface area contributed by atoms with Gasteiger partial charge in [0.05, 0.1) is 10.8 Å². The van der Waals surface area contributed by atoms with Crippen molar-refractivity contribution in [3.05, 3.63) is 54.1 Å². The van der Waals surface area contributed by atoms with Crippen LogP contribution in [0.25, 0.3) is 0 Å². The monoisotopic (exact) mass is 310 g/mol. The van der Waals surface area contributed by atoms with Gasteiger partial charge in [0.25, 0.3) is 0 Å². The molecule has 0 heterocycles. The Kier molecular flexibility index (Phi) is 4.64. The fourth-order valence-corrected chi connectivity index (χ4v) is 2.64. The number of nitrogens with two attached hydrogens (primary N) is 1. The lowest BCUT2D eigenvalue weighted by Gasteiger charge is -2.06. The van der Waals surface area contributed by atoms with Gasteiger partial charge in [-0.3, -0.25) is 9.00 Å². The summed E-state index contributed by atoms with van der Waals surface area (Å²) in [5.74, 6) is -1.91. The number of hydrogen-bond donors (Lipinski definition) is 2. The summed E-state index contributed by atoms with van der Waals surface area (Å²) >= 11 is 0. The van der Waals surface area contributed by atoms with E-state index < -0.39 is 28.3 Å². The Morgan fingerprint density at radius 3 is 2.38 bits per heavy atom. The highest BCUT2D eigenvalue weighted by molar-refractivity contribution is 7.85. The Morgan fingerprint density at radius 2 is 1.76 bits per heavy atom. The van der Waals surface area contributed by atoms with E-state index in [1.165, 1.54) is 30.3 Å². The van der Waals surface area contributed by atoms with Crippen LogP contribution in [-0.2, 0) is 15.6 Å². The Morgan fingerprint density at radius 1 is 1.10 bits per heavy atom. The first-order chi connectivity index (χ1) is 9.94. The van der Waals surface area contributed by atoms with Gasteiger partial charge in [0.15, 0.2) is 0 Å². The third-order valence-corrected chi connectivity index (χ3v) is 3.83. The second-order valence-corrected chi connectivity index (χ2v) is 5.72. The molecule has 0 bridgehead atoms. The van der Waals surface area contributed by atoms with Gasteiger partial charge in [-0.05, 0) is 42.5 Å². The molecule has 1 amide bonds. The average molecular weight is 310 g/mol. The lowest BCUT2D eigenvalue weighted by atomic mass is 10.3. The standard InChI is InChI=1S/C14H12F2N2O2S/c15-9-1-3-12(4-2-9)18-14(19)8-21(20)13-6-10(16)5-11(17)7-13/h1-7H,8,17H2,(H,18,19). The Hall–Kier alpha value is -2.28. The molecule has 0 saturated carbocycles. The Labute approximate surface area is 122 Å². The van der Waals surface area contributed by atoms with Crippen molar-refractivity contribution in [3.8, 4) is 0 Å². The van der Waals surface area contributed by atoms with Crippen molar-refractivity contribution in [1.29, 1.82) is 0 Å². The SMILES string of the molecule is Nc1cc(F)cc(S(=O)CC(=O)Nc2ccc(F)cc2)c1. The number of anilines is 2. The molecular weight excluding hydrogens is 298 g/mol. The van der Waals surface area contributed by atoms with E-state index in [-0.39, 0.29) is 16.3 Å². The third kappa shape index (κ3) is 4.35. The highest BCUT2D eigenvalue weighted by Gasteiger charge is 2.12. The predicted octanol–water partition coefficient (Wildman–Crippen LogP) is 2.29. The summed E-state index contributed by atoms with van der Waals surface area (Å²) in [6.45, 7) is 0. The van der Waals surface area contributed by atoms with Crippen LogP contribution in [0.15, 0.2) is 47.4 Å². The van der Waals surface area contributed by atoms with Gasteiger partial charge in [0, 0.05) is 16.3 Å². The largest absolute Gasteiger partial charge is 0.399 e. The van der Waals surface area contributed by atoms with Gasteiger partial charge in [0.1, 0.15) is 17.4 Å². The number of benzene rings is 2. The molecule has 0 aromatic heterocycles. The number of nitrogen functional groups attached to an aromatic ring is 1. The Bertz CT molecular complexity index is 670. The fraction of sp³-hybridized carbons (Fsp3) is 0.0714. The Balaban J connectivity index is 2.01. The number of carbonyl (C=O) groups is 1. The third-order valence-electron chi connectivity index (χ3n) is 2.55. The molecule has 4 nitrogen and oxygen atoms in total. The van der Waals surface area contributed by atoms with E-state index >= 15 is 0 Å². The van der Waals surface area contributed by atoms with Gasteiger partial charge in [-0.2, -0.15) is 0 Å². The van der Waals surface area contributed by atoms with E-state index in [0.29, 0.717) is 5.69 Å². The highest BCUT2D eigenvalue weighted by atomic mass is 32.2. The fourth-order valence-electron chi connectivity index (χ4n) is 1.65. The molecule has 3 N–H and O–H groups in total. The van der Waals surface area contributed by atoms with Crippen molar-refractivity contribution in [2.45, 2.75) is 4.90 Å². The van der Waals surface area contributed by atoms with Gasteiger partial charge in [-0.25, -0.2) is 8.78 Å². The predicted molar refractivity (Wildman–Crippen MR) is 77.1 cm³/mol. The minimum absolute atomic E-state index is 0.136. The van der Waals surface area contributed by atoms with Gasteiger partial charge in [-0.15, -0.1) is 0 Å². The van der Waals surface area contributed by atoms with Crippen LogP contribution in [0.2, 0.25) is 0 Å². The zero-order valence-electron chi connectivity index (χ0n) is 10.8. The van der Waals surface area contributed by atoms with Crippen LogP contribution in [0.3, 0.4) is 0 Å². The van der Waals surface area contributed by atoms with Gasteiger partial charge in [-0.1, -0.05) is 0 Å². The maximum atomic E-state index is 13.2. The molecule has 0 aliphatic carbocycles. The van der Waals surface area contributed by atoms with Crippen molar-refractivity contribution in [3.63, 3.8) is 0 Å². The molecule has 2 aromatic rings. The maximum Gasteiger partial charge on any atom is 0.237 e. The molecule has 1 unspecified atom stereocenters. The highest BCUT2D eigenvalue weighted by Crippen LogP contribution is 2.15. The first-order valence-electron chi connectivity index (χ1n) is 5.94. The van der Waals surface area contributed by atoms with Gasteiger partial charge >= 0.3 is 0 Å². The molecule has 0 aliphatic rings. The first-order valence-corrected chi connectivity index (χ1v) is 7.26. The molecule has 0 spiro atoms.